The maximum absolute atomic E-state index is 12.5. The van der Waals surface area contributed by atoms with Crippen LogP contribution in [0.4, 0.5) is 0 Å². The molecule has 5 heteroatoms. The Morgan fingerprint density at radius 2 is 2.05 bits per heavy atom. The van der Waals surface area contributed by atoms with E-state index in [0.717, 1.165) is 19.3 Å². The van der Waals surface area contributed by atoms with Crippen molar-refractivity contribution >= 4 is 11.9 Å². The Morgan fingerprint density at radius 1 is 1.35 bits per heavy atom. The van der Waals surface area contributed by atoms with E-state index in [1.165, 1.54) is 0 Å². The minimum absolute atomic E-state index is 0.0748. The molecular weight excluding hydrogens is 256 g/mol. The van der Waals surface area contributed by atoms with Gasteiger partial charge in [-0.1, -0.05) is 20.3 Å². The van der Waals surface area contributed by atoms with Gasteiger partial charge in [0.05, 0.1) is 12.6 Å². The molecule has 0 aromatic carbocycles. The highest BCUT2D eigenvalue weighted by Gasteiger charge is 2.50. The summed E-state index contributed by atoms with van der Waals surface area (Å²) >= 11 is 0. The first-order chi connectivity index (χ1) is 9.47. The quantitative estimate of drug-likeness (QED) is 0.785. The normalized spacial score (nSPS) is 30.4. The first-order valence-electron chi connectivity index (χ1n) is 7.70. The summed E-state index contributed by atoms with van der Waals surface area (Å²) in [6, 6.07) is -0.953. The van der Waals surface area contributed by atoms with Gasteiger partial charge < -0.3 is 15.4 Å². The molecule has 1 saturated heterocycles. The van der Waals surface area contributed by atoms with Crippen LogP contribution in [0.25, 0.3) is 0 Å². The first kappa shape index (κ1) is 15.3. The van der Waals surface area contributed by atoms with Crippen LogP contribution in [0, 0.1) is 17.8 Å². The van der Waals surface area contributed by atoms with Crippen molar-refractivity contribution in [1.29, 1.82) is 0 Å². The molecule has 2 fully saturated rings. The summed E-state index contributed by atoms with van der Waals surface area (Å²) < 4.78 is 5.18. The Labute approximate surface area is 120 Å². The number of carbonyl (C=O) groups excluding carboxylic acids is 2. The van der Waals surface area contributed by atoms with Gasteiger partial charge in [0, 0.05) is 6.54 Å². The van der Waals surface area contributed by atoms with E-state index in [4.69, 9.17) is 10.5 Å². The van der Waals surface area contributed by atoms with E-state index in [-0.39, 0.29) is 23.7 Å². The smallest absolute Gasteiger partial charge is 0.329 e. The number of carbonyl (C=O) groups is 2. The molecule has 0 bridgehead atoms. The molecule has 0 spiro atoms. The number of nitrogens with zero attached hydrogens (tertiary/aromatic N) is 1. The van der Waals surface area contributed by atoms with Gasteiger partial charge in [-0.2, -0.15) is 0 Å². The highest BCUT2D eigenvalue weighted by molar-refractivity contribution is 5.88. The molecule has 1 amide bonds. The summed E-state index contributed by atoms with van der Waals surface area (Å²) in [5.41, 5.74) is 5.98. The van der Waals surface area contributed by atoms with E-state index in [0.29, 0.717) is 19.1 Å². The zero-order valence-corrected chi connectivity index (χ0v) is 12.7. The zero-order valence-electron chi connectivity index (χ0n) is 12.7. The largest absolute Gasteiger partial charge is 0.464 e. The van der Waals surface area contributed by atoms with Gasteiger partial charge in [-0.3, -0.25) is 4.79 Å². The molecule has 2 rings (SSSR count). The van der Waals surface area contributed by atoms with E-state index in [9.17, 15) is 9.59 Å². The van der Waals surface area contributed by atoms with E-state index < -0.39 is 12.1 Å². The van der Waals surface area contributed by atoms with Gasteiger partial charge in [-0.05, 0) is 37.5 Å². The second kappa shape index (κ2) is 6.12. The predicted octanol–water partition coefficient (Wildman–Crippen LogP) is 1.16. The summed E-state index contributed by atoms with van der Waals surface area (Å²) in [4.78, 5) is 26.5. The van der Waals surface area contributed by atoms with Crippen LogP contribution in [0.1, 0.15) is 40.0 Å². The van der Waals surface area contributed by atoms with Crippen LogP contribution in [0.3, 0.4) is 0 Å². The molecule has 0 radical (unpaired) electrons. The summed E-state index contributed by atoms with van der Waals surface area (Å²) in [5, 5.41) is 0. The van der Waals surface area contributed by atoms with Crippen molar-refractivity contribution in [3.63, 3.8) is 0 Å². The van der Waals surface area contributed by atoms with E-state index in [1.54, 1.807) is 11.8 Å². The Kier molecular flexibility index (Phi) is 4.68. The highest BCUT2D eigenvalue weighted by atomic mass is 16.5. The van der Waals surface area contributed by atoms with E-state index in [2.05, 4.69) is 0 Å². The fourth-order valence-corrected chi connectivity index (χ4v) is 3.54. The van der Waals surface area contributed by atoms with Crippen molar-refractivity contribution in [3.05, 3.63) is 0 Å². The maximum atomic E-state index is 12.5. The molecule has 20 heavy (non-hydrogen) atoms. The van der Waals surface area contributed by atoms with Crippen molar-refractivity contribution in [1.82, 2.24) is 4.90 Å². The summed E-state index contributed by atoms with van der Waals surface area (Å²) in [5.74, 6) is 0.412. The third kappa shape index (κ3) is 2.68. The fraction of sp³-hybridized carbons (Fsp3) is 0.867. The minimum atomic E-state index is -0.536. The molecule has 1 aliphatic heterocycles. The number of likely N-dealkylation sites (tertiary alicyclic amines) is 1. The maximum Gasteiger partial charge on any atom is 0.329 e. The van der Waals surface area contributed by atoms with Crippen LogP contribution >= 0.6 is 0 Å². The summed E-state index contributed by atoms with van der Waals surface area (Å²) in [6.07, 6.45) is 3.25. The lowest BCUT2D eigenvalue weighted by Crippen LogP contribution is -2.52. The van der Waals surface area contributed by atoms with E-state index >= 15 is 0 Å². The van der Waals surface area contributed by atoms with Gasteiger partial charge in [-0.25, -0.2) is 4.79 Å². The Morgan fingerprint density at radius 3 is 2.65 bits per heavy atom. The number of esters is 1. The highest BCUT2D eigenvalue weighted by Crippen LogP contribution is 2.42. The summed E-state index contributed by atoms with van der Waals surface area (Å²) in [7, 11) is 0. The number of amides is 1. The predicted molar refractivity (Wildman–Crippen MR) is 75.8 cm³/mol. The molecule has 4 atom stereocenters. The second-order valence-corrected chi connectivity index (χ2v) is 6.31. The van der Waals surface area contributed by atoms with Crippen LogP contribution in [0.5, 0.6) is 0 Å². The molecule has 1 heterocycles. The lowest BCUT2D eigenvalue weighted by molar-refractivity contribution is -0.155. The monoisotopic (exact) mass is 282 g/mol. The number of fused-ring (bicyclic) bond motifs is 1. The fourth-order valence-electron chi connectivity index (χ4n) is 3.54. The van der Waals surface area contributed by atoms with Gasteiger partial charge in [-0.15, -0.1) is 0 Å². The molecule has 2 N–H and O–H groups in total. The lowest BCUT2D eigenvalue weighted by atomic mass is 9.94. The zero-order chi connectivity index (χ0) is 14.9. The number of hydrogen-bond acceptors (Lipinski definition) is 4. The molecule has 0 aromatic rings. The van der Waals surface area contributed by atoms with Gasteiger partial charge in [0.2, 0.25) is 5.91 Å². The van der Waals surface area contributed by atoms with E-state index in [1.807, 2.05) is 13.8 Å². The molecular formula is C15H26N2O3. The van der Waals surface area contributed by atoms with Crippen molar-refractivity contribution in [2.75, 3.05) is 13.2 Å². The molecule has 114 valence electrons. The third-order valence-electron chi connectivity index (χ3n) is 4.70. The van der Waals surface area contributed by atoms with Gasteiger partial charge in [0.25, 0.3) is 0 Å². The third-order valence-corrected chi connectivity index (χ3v) is 4.70. The van der Waals surface area contributed by atoms with Crippen LogP contribution in [-0.4, -0.2) is 42.0 Å². The molecule has 1 saturated carbocycles. The number of rotatable bonds is 4. The molecule has 5 nitrogen and oxygen atoms in total. The first-order valence-corrected chi connectivity index (χ1v) is 7.70. The molecule has 2 aliphatic rings. The Balaban J connectivity index is 2.18. The van der Waals surface area contributed by atoms with Crippen LogP contribution < -0.4 is 5.73 Å². The van der Waals surface area contributed by atoms with Crippen molar-refractivity contribution < 1.29 is 14.3 Å². The average Bonchev–Trinajstić information content (AvgIpc) is 2.96. The van der Waals surface area contributed by atoms with Gasteiger partial charge in [0.15, 0.2) is 0 Å². The van der Waals surface area contributed by atoms with Crippen molar-refractivity contribution in [2.45, 2.75) is 52.1 Å². The summed E-state index contributed by atoms with van der Waals surface area (Å²) in [6.45, 7) is 6.67. The topological polar surface area (TPSA) is 72.6 Å². The van der Waals surface area contributed by atoms with Crippen LogP contribution in [0.2, 0.25) is 0 Å². The standard InChI is InChI=1S/C15H26N2O3/c1-4-20-15(19)13-11-7-5-6-10(11)8-17(13)14(18)12(16)9(2)3/h9-13H,4-8,16H2,1-3H3/t10-,11-,12-,13-/m0/s1. The van der Waals surface area contributed by atoms with Crippen LogP contribution in [-0.2, 0) is 14.3 Å². The SMILES string of the molecule is CCOC(=O)[C@@H]1[C@H]2CCC[C@H]2CN1C(=O)[C@@H](N)C(C)C. The Hall–Kier alpha value is -1.10. The average molecular weight is 282 g/mol. The number of nitrogens with two attached hydrogens (primary N) is 1. The second-order valence-electron chi connectivity index (χ2n) is 6.31. The number of ether oxygens (including phenoxy) is 1. The molecule has 0 aromatic heterocycles. The molecule has 1 aliphatic carbocycles. The van der Waals surface area contributed by atoms with Crippen molar-refractivity contribution in [2.24, 2.45) is 23.5 Å². The van der Waals surface area contributed by atoms with Crippen LogP contribution in [0.15, 0.2) is 0 Å². The van der Waals surface area contributed by atoms with Gasteiger partial charge >= 0.3 is 5.97 Å². The molecule has 0 unspecified atom stereocenters. The lowest BCUT2D eigenvalue weighted by Gasteiger charge is -2.29. The Bertz CT molecular complexity index is 383. The number of hydrogen-bond donors (Lipinski definition) is 1. The minimum Gasteiger partial charge on any atom is -0.464 e. The van der Waals surface area contributed by atoms with Crippen molar-refractivity contribution in [3.8, 4) is 0 Å². The van der Waals surface area contributed by atoms with Gasteiger partial charge in [0.1, 0.15) is 6.04 Å².